The smallest absolute Gasteiger partial charge is 0.340 e. The number of benzene rings is 9. The second-order valence-corrected chi connectivity index (χ2v) is 30.1. The first-order valence-electron chi connectivity index (χ1n) is 37.2. The normalized spacial score (nSPS) is 11.8. The first-order valence-corrected chi connectivity index (χ1v) is 37.2. The van der Waals surface area contributed by atoms with Crippen molar-refractivity contribution in [3.63, 3.8) is 0 Å². The van der Waals surface area contributed by atoms with Crippen molar-refractivity contribution in [2.24, 2.45) is 5.92 Å². The van der Waals surface area contributed by atoms with Crippen LogP contribution in [0.3, 0.4) is 0 Å². The Balaban J connectivity index is 0.0000103. The van der Waals surface area contributed by atoms with Crippen LogP contribution in [0.5, 0.6) is 0 Å². The molecule has 7 heteroatoms. The number of aryl methyl sites for hydroxylation is 6. The molecule has 0 aliphatic carbocycles. The molecule has 12 aromatic rings. The number of imidazole rings is 3. The molecule has 0 N–H and O–H groups in total. The predicted octanol–water partition coefficient (Wildman–Crippen LogP) is 25.3. The van der Waals surface area contributed by atoms with E-state index in [-0.39, 0.29) is 20.1 Å². The Labute approximate surface area is 618 Å². The summed E-state index contributed by atoms with van der Waals surface area (Å²) in [6.45, 7) is 34.4. The third kappa shape index (κ3) is 16.4. The molecule has 0 fully saturated rings. The fraction of sp³-hybridized carbons (Fsp3) is 0.330. The second-order valence-electron chi connectivity index (χ2n) is 30.1. The summed E-state index contributed by atoms with van der Waals surface area (Å²) in [6, 6.07) is 72.2. The van der Waals surface area contributed by atoms with Gasteiger partial charge in [0.2, 0.25) is 0 Å². The van der Waals surface area contributed by atoms with E-state index in [4.69, 9.17) is 15.0 Å². The molecule has 0 bridgehead atoms. The van der Waals surface area contributed by atoms with Crippen molar-refractivity contribution in [2.75, 3.05) is 0 Å². The van der Waals surface area contributed by atoms with Crippen LogP contribution < -0.4 is 0 Å². The zero-order valence-corrected chi connectivity index (χ0v) is 64.9. The van der Waals surface area contributed by atoms with Crippen molar-refractivity contribution < 1.29 is 20.1 Å². The monoisotopic (exact) mass is 1510 g/mol. The maximum atomic E-state index is 5.01. The third-order valence-corrected chi connectivity index (χ3v) is 20.8. The van der Waals surface area contributed by atoms with Crippen LogP contribution in [0.4, 0.5) is 0 Å². The second kappa shape index (κ2) is 32.9. The van der Waals surface area contributed by atoms with Gasteiger partial charge in [-0.25, -0.2) is 0 Å². The van der Waals surface area contributed by atoms with E-state index in [0.29, 0.717) is 41.4 Å². The summed E-state index contributed by atoms with van der Waals surface area (Å²) in [6.07, 6.45) is 22.2. The molecule has 0 aliphatic heterocycles. The Bertz CT molecular complexity index is 4170. The van der Waals surface area contributed by atoms with Crippen LogP contribution in [0, 0.1) is 44.9 Å². The van der Waals surface area contributed by atoms with Gasteiger partial charge in [0.05, 0.1) is 17.5 Å². The van der Waals surface area contributed by atoms with Crippen molar-refractivity contribution in [3.8, 4) is 84.6 Å². The van der Waals surface area contributed by atoms with Crippen LogP contribution in [-0.4, -0.2) is 28.7 Å². The quantitative estimate of drug-likeness (QED) is 0.0482. The molecule has 3 aromatic heterocycles. The molecule has 0 saturated heterocycles. The molecular formula is C94H103IrN6. The molecule has 0 radical (unpaired) electrons. The van der Waals surface area contributed by atoms with Crippen molar-refractivity contribution in [2.45, 2.75) is 197 Å². The van der Waals surface area contributed by atoms with Gasteiger partial charge in [0.15, 0.2) is 0 Å². The maximum Gasteiger partial charge on any atom is 3.00 e. The van der Waals surface area contributed by atoms with E-state index in [1.54, 1.807) is 0 Å². The van der Waals surface area contributed by atoms with Crippen LogP contribution in [0.2, 0.25) is 0 Å². The van der Waals surface area contributed by atoms with Crippen molar-refractivity contribution in [1.82, 2.24) is 28.7 Å². The average Bonchev–Trinajstić information content (AvgIpc) is 1.75. The average molecular weight is 1510 g/mol. The number of rotatable bonds is 27. The minimum absolute atomic E-state index is 0. The molecule has 0 atom stereocenters. The molecule has 0 unspecified atom stereocenters. The third-order valence-electron chi connectivity index (χ3n) is 20.8. The van der Waals surface area contributed by atoms with E-state index in [1.165, 1.54) is 136 Å². The SMILES string of the molecule is Cc1ccccc1-c1cc(C(C)C)c(-n2ccnc2-c2[c-]cc(CCCC(CCCc3c[c-]c(-c4nccn4-c4c(C(C)C)cc(-c5ccccc5C)cc4C(C)C)cc3)CCCc3c[c-]c(-c4nccn4-c4c(C(C)C)cc(-c5ccccc5C)cc4C(C)C)cc3)cc2)c(C(C)C)c1.[Ir+3]. The Morgan fingerprint density at radius 2 is 0.574 bits per heavy atom. The number of nitrogens with zero attached hydrogens (tertiary/aromatic N) is 6. The van der Waals surface area contributed by atoms with Gasteiger partial charge >= 0.3 is 20.1 Å². The van der Waals surface area contributed by atoms with Crippen molar-refractivity contribution in [1.29, 1.82) is 0 Å². The number of aromatic nitrogens is 6. The Morgan fingerprint density at radius 3 is 0.792 bits per heavy atom. The van der Waals surface area contributed by atoms with Crippen LogP contribution in [0.25, 0.3) is 84.6 Å². The molecule has 101 heavy (non-hydrogen) atoms. The predicted molar refractivity (Wildman–Crippen MR) is 421 cm³/mol. The summed E-state index contributed by atoms with van der Waals surface area (Å²) in [5, 5.41) is 0. The zero-order chi connectivity index (χ0) is 70.3. The van der Waals surface area contributed by atoms with Gasteiger partial charge in [-0.3, -0.25) is 15.0 Å². The fourth-order valence-electron chi connectivity index (χ4n) is 15.2. The van der Waals surface area contributed by atoms with E-state index in [1.807, 2.05) is 18.6 Å². The summed E-state index contributed by atoms with van der Waals surface area (Å²) in [5.41, 5.74) is 30.3. The Hall–Kier alpha value is -8.74. The topological polar surface area (TPSA) is 53.5 Å². The van der Waals surface area contributed by atoms with Gasteiger partial charge in [-0.15, -0.1) is 106 Å². The van der Waals surface area contributed by atoms with Gasteiger partial charge in [-0.2, -0.15) is 0 Å². The fourth-order valence-corrected chi connectivity index (χ4v) is 15.2. The summed E-state index contributed by atoms with van der Waals surface area (Å²) >= 11 is 0. The van der Waals surface area contributed by atoms with E-state index in [0.717, 1.165) is 72.7 Å². The van der Waals surface area contributed by atoms with Gasteiger partial charge in [-0.1, -0.05) is 214 Å². The molecule has 0 amide bonds. The van der Waals surface area contributed by atoms with Gasteiger partial charge < -0.3 is 13.7 Å². The largest absolute Gasteiger partial charge is 3.00 e. The summed E-state index contributed by atoms with van der Waals surface area (Å²) in [4.78, 5) is 15.0. The van der Waals surface area contributed by atoms with Crippen molar-refractivity contribution >= 4 is 0 Å². The minimum atomic E-state index is 0. The molecule has 0 spiro atoms. The zero-order valence-electron chi connectivity index (χ0n) is 62.5. The van der Waals surface area contributed by atoms with Crippen LogP contribution in [0.1, 0.15) is 224 Å². The molecule has 518 valence electrons. The van der Waals surface area contributed by atoms with Crippen LogP contribution in [-0.2, 0) is 39.4 Å². The minimum Gasteiger partial charge on any atom is -0.340 e. The molecule has 9 aromatic carbocycles. The summed E-state index contributed by atoms with van der Waals surface area (Å²) in [5.74, 6) is 5.27. The van der Waals surface area contributed by atoms with Gasteiger partial charge in [0.1, 0.15) is 0 Å². The number of hydrogen-bond donors (Lipinski definition) is 0. The van der Waals surface area contributed by atoms with Crippen LogP contribution in [0.15, 0.2) is 201 Å². The van der Waals surface area contributed by atoms with E-state index < -0.39 is 0 Å². The standard InChI is InChI=1S/C94H103N6.Ir/c1-61(2)83-55-77(80-34-19-16-25-67(80)13)56-84(62(3)4)89(83)98-52-49-95-92(98)74-43-37-71(38-44-74)31-22-28-70(29-23-32-72-39-45-75(46-40-72)93-96-50-53-99(93)90-85(63(5)6)57-78(58-86(90)64(7)8)81-35-20-17-26-68(81)14)30-24-33-73-41-47-76(48-42-73)94-97-51-54-100(94)91-87(65(9)10)59-79(60-88(91)66(11)12)82-36-21-18-27-69(82)15;/h16-21,25-27,34-43,45,47,49-66,70H,22-24,28-33H2,1-15H3;/q-3;+3. The summed E-state index contributed by atoms with van der Waals surface area (Å²) in [7, 11) is 0. The summed E-state index contributed by atoms with van der Waals surface area (Å²) < 4.78 is 6.96. The van der Waals surface area contributed by atoms with Gasteiger partial charge in [0, 0.05) is 54.2 Å². The van der Waals surface area contributed by atoms with E-state index >= 15 is 0 Å². The van der Waals surface area contributed by atoms with Crippen LogP contribution >= 0.6 is 0 Å². The van der Waals surface area contributed by atoms with Gasteiger partial charge in [0.25, 0.3) is 0 Å². The first kappa shape index (κ1) is 73.5. The van der Waals surface area contributed by atoms with Gasteiger partial charge in [-0.05, 0) is 182 Å². The van der Waals surface area contributed by atoms with Crippen molar-refractivity contribution in [3.05, 3.63) is 286 Å². The molecule has 0 aliphatic rings. The molecular weight excluding hydrogens is 1410 g/mol. The first-order chi connectivity index (χ1) is 48.3. The molecule has 0 saturated carbocycles. The molecule has 3 heterocycles. The Morgan fingerprint density at radius 1 is 0.327 bits per heavy atom. The maximum absolute atomic E-state index is 5.01. The van der Waals surface area contributed by atoms with E-state index in [9.17, 15) is 0 Å². The van der Waals surface area contributed by atoms with E-state index in [2.05, 4.69) is 318 Å². The number of hydrogen-bond acceptors (Lipinski definition) is 3. The molecule has 6 nitrogen and oxygen atoms in total. The Kier molecular flexibility index (Phi) is 24.0. The molecule has 12 rings (SSSR count).